The Morgan fingerprint density at radius 1 is 1.25 bits per heavy atom. The number of aliphatic imine (C=N–C) groups is 1. The van der Waals surface area contributed by atoms with Crippen LogP contribution in [0, 0.1) is 0 Å². The second-order valence-corrected chi connectivity index (χ2v) is 7.26. The number of nitrogens with one attached hydrogen (secondary N) is 2. The minimum Gasteiger partial charge on any atom is -0.458 e. The van der Waals surface area contributed by atoms with E-state index in [1.807, 2.05) is 35.7 Å². The molecule has 1 amide bonds. The fraction of sp³-hybridized carbons (Fsp3) is 0.211. The van der Waals surface area contributed by atoms with Gasteiger partial charge in [0.2, 0.25) is 11.0 Å². The number of nitrogens with zero attached hydrogens (tertiary/aromatic N) is 2. The smallest absolute Gasteiger partial charge is 0.217 e. The third-order valence-corrected chi connectivity index (χ3v) is 4.75. The predicted molar refractivity (Wildman–Crippen MR) is 112 cm³/mol. The number of furan rings is 1. The Morgan fingerprint density at radius 3 is 2.79 bits per heavy atom. The Bertz CT molecular complexity index is 965. The van der Waals surface area contributed by atoms with Crippen LogP contribution in [0.5, 0.6) is 0 Å². The SMILES string of the molecule is CC(=O)NCc1ccc(-c2csc(/N=C(\N)NCCc3ccc(Cl)cc3)n2)o1. The molecule has 9 heteroatoms. The third-order valence-electron chi connectivity index (χ3n) is 3.77. The Balaban J connectivity index is 1.54. The van der Waals surface area contributed by atoms with E-state index in [1.165, 1.54) is 18.3 Å². The lowest BCUT2D eigenvalue weighted by Crippen LogP contribution is -2.32. The molecule has 3 aromatic rings. The number of nitrogens with two attached hydrogens (primary N) is 1. The number of aromatic nitrogens is 1. The van der Waals surface area contributed by atoms with Crippen LogP contribution in [0.4, 0.5) is 5.13 Å². The summed E-state index contributed by atoms with van der Waals surface area (Å²) in [6, 6.07) is 11.3. The van der Waals surface area contributed by atoms with Gasteiger partial charge in [-0.05, 0) is 36.2 Å². The molecule has 3 rings (SSSR count). The molecular formula is C19H20ClN5O2S. The van der Waals surface area contributed by atoms with Crippen molar-refractivity contribution < 1.29 is 9.21 Å². The number of carbonyl (C=O) groups excluding carboxylic acids is 1. The van der Waals surface area contributed by atoms with Crippen LogP contribution in [0.1, 0.15) is 18.2 Å². The molecule has 0 unspecified atom stereocenters. The summed E-state index contributed by atoms with van der Waals surface area (Å²) >= 11 is 7.25. The van der Waals surface area contributed by atoms with Crippen molar-refractivity contribution in [2.24, 2.45) is 10.7 Å². The number of rotatable bonds is 7. The molecule has 0 radical (unpaired) electrons. The zero-order valence-electron chi connectivity index (χ0n) is 15.2. The van der Waals surface area contributed by atoms with E-state index >= 15 is 0 Å². The van der Waals surface area contributed by atoms with Crippen molar-refractivity contribution in [3.63, 3.8) is 0 Å². The van der Waals surface area contributed by atoms with Crippen molar-refractivity contribution in [2.45, 2.75) is 19.9 Å². The van der Waals surface area contributed by atoms with E-state index in [9.17, 15) is 4.79 Å². The van der Waals surface area contributed by atoms with Crippen molar-refractivity contribution >= 4 is 39.9 Å². The summed E-state index contributed by atoms with van der Waals surface area (Å²) in [5.74, 6) is 1.47. The van der Waals surface area contributed by atoms with E-state index in [1.54, 1.807) is 6.07 Å². The van der Waals surface area contributed by atoms with E-state index in [0.717, 1.165) is 17.0 Å². The number of amides is 1. The molecule has 0 bridgehead atoms. The van der Waals surface area contributed by atoms with Crippen LogP contribution in [0.15, 0.2) is 51.2 Å². The average molecular weight is 418 g/mol. The lowest BCUT2D eigenvalue weighted by molar-refractivity contribution is -0.119. The van der Waals surface area contributed by atoms with Crippen LogP contribution >= 0.6 is 22.9 Å². The largest absolute Gasteiger partial charge is 0.458 e. The van der Waals surface area contributed by atoms with Crippen molar-refractivity contribution in [3.05, 3.63) is 58.1 Å². The maximum absolute atomic E-state index is 11.0. The zero-order chi connectivity index (χ0) is 19.9. The minimum atomic E-state index is -0.109. The summed E-state index contributed by atoms with van der Waals surface area (Å²) in [4.78, 5) is 19.7. The lowest BCUT2D eigenvalue weighted by atomic mass is 10.1. The van der Waals surface area contributed by atoms with Crippen LogP contribution in [0.3, 0.4) is 0 Å². The summed E-state index contributed by atoms with van der Waals surface area (Å²) in [5.41, 5.74) is 7.77. The van der Waals surface area contributed by atoms with Crippen LogP contribution in [-0.4, -0.2) is 23.4 Å². The monoisotopic (exact) mass is 417 g/mol. The molecule has 28 heavy (non-hydrogen) atoms. The van der Waals surface area contributed by atoms with E-state index in [4.69, 9.17) is 21.8 Å². The molecule has 0 aliphatic heterocycles. The number of guanidine groups is 1. The number of thiazole rings is 1. The second kappa shape index (κ2) is 9.38. The Kier molecular flexibility index (Phi) is 6.67. The van der Waals surface area contributed by atoms with Crippen LogP contribution in [-0.2, 0) is 17.8 Å². The second-order valence-electron chi connectivity index (χ2n) is 5.99. The highest BCUT2D eigenvalue weighted by molar-refractivity contribution is 7.13. The van der Waals surface area contributed by atoms with Crippen molar-refractivity contribution in [3.8, 4) is 11.5 Å². The van der Waals surface area contributed by atoms with Gasteiger partial charge in [-0.3, -0.25) is 4.79 Å². The van der Waals surface area contributed by atoms with Gasteiger partial charge in [-0.2, -0.15) is 4.99 Å². The maximum Gasteiger partial charge on any atom is 0.217 e. The van der Waals surface area contributed by atoms with E-state index < -0.39 is 0 Å². The van der Waals surface area contributed by atoms with Gasteiger partial charge in [-0.25, -0.2) is 4.98 Å². The highest BCUT2D eigenvalue weighted by Gasteiger charge is 2.09. The number of hydrogen-bond donors (Lipinski definition) is 3. The summed E-state index contributed by atoms with van der Waals surface area (Å²) in [6.07, 6.45) is 0.806. The van der Waals surface area contributed by atoms with Gasteiger partial charge in [0.05, 0.1) is 6.54 Å². The number of benzene rings is 1. The molecule has 7 nitrogen and oxygen atoms in total. The first kappa shape index (κ1) is 19.9. The van der Waals surface area contributed by atoms with E-state index in [2.05, 4.69) is 20.6 Å². The zero-order valence-corrected chi connectivity index (χ0v) is 16.8. The number of halogens is 1. The Morgan fingerprint density at radius 2 is 2.04 bits per heavy atom. The molecule has 0 atom stereocenters. The molecule has 0 saturated heterocycles. The first-order valence-corrected chi connectivity index (χ1v) is 9.87. The van der Waals surface area contributed by atoms with Crippen molar-refractivity contribution in [1.82, 2.24) is 15.6 Å². The molecule has 0 aliphatic rings. The van der Waals surface area contributed by atoms with Gasteiger partial charge >= 0.3 is 0 Å². The minimum absolute atomic E-state index is 0.109. The molecule has 0 spiro atoms. The van der Waals surface area contributed by atoms with Gasteiger partial charge in [-0.1, -0.05) is 23.7 Å². The topological polar surface area (TPSA) is 106 Å². The predicted octanol–water partition coefficient (Wildman–Crippen LogP) is 3.47. The van der Waals surface area contributed by atoms with Gasteiger partial charge in [-0.15, -0.1) is 11.3 Å². The third kappa shape index (κ3) is 5.83. The van der Waals surface area contributed by atoms with Crippen LogP contribution < -0.4 is 16.4 Å². The van der Waals surface area contributed by atoms with E-state index in [-0.39, 0.29) is 5.91 Å². The quantitative estimate of drug-likeness (QED) is 0.403. The fourth-order valence-corrected chi connectivity index (χ4v) is 3.19. The molecule has 2 heterocycles. The normalized spacial score (nSPS) is 11.4. The highest BCUT2D eigenvalue weighted by Crippen LogP contribution is 2.28. The number of carbonyl (C=O) groups is 1. The van der Waals surface area contributed by atoms with Gasteiger partial charge < -0.3 is 20.8 Å². The Hall–Kier alpha value is -2.84. The molecule has 1 aromatic carbocycles. The maximum atomic E-state index is 11.0. The highest BCUT2D eigenvalue weighted by atomic mass is 35.5. The average Bonchev–Trinajstić information content (AvgIpc) is 3.31. The molecule has 0 aliphatic carbocycles. The lowest BCUT2D eigenvalue weighted by Gasteiger charge is -2.05. The van der Waals surface area contributed by atoms with Crippen LogP contribution in [0.25, 0.3) is 11.5 Å². The van der Waals surface area contributed by atoms with Crippen molar-refractivity contribution in [2.75, 3.05) is 6.54 Å². The van der Waals surface area contributed by atoms with Gasteiger partial charge in [0.15, 0.2) is 11.7 Å². The fourth-order valence-electron chi connectivity index (χ4n) is 2.38. The summed E-state index contributed by atoms with van der Waals surface area (Å²) in [6.45, 7) is 2.46. The molecule has 4 N–H and O–H groups in total. The summed E-state index contributed by atoms with van der Waals surface area (Å²) < 4.78 is 5.69. The first-order chi connectivity index (χ1) is 13.5. The van der Waals surface area contributed by atoms with Crippen molar-refractivity contribution in [1.29, 1.82) is 0 Å². The van der Waals surface area contributed by atoms with Crippen LogP contribution in [0.2, 0.25) is 5.02 Å². The summed E-state index contributed by atoms with van der Waals surface area (Å²) in [7, 11) is 0. The van der Waals surface area contributed by atoms with Gasteiger partial charge in [0.1, 0.15) is 11.5 Å². The summed E-state index contributed by atoms with van der Waals surface area (Å²) in [5, 5.41) is 8.86. The number of hydrogen-bond acceptors (Lipinski definition) is 5. The molecule has 0 fully saturated rings. The Labute approximate surface area is 171 Å². The molecule has 146 valence electrons. The molecule has 2 aromatic heterocycles. The molecular weight excluding hydrogens is 398 g/mol. The first-order valence-electron chi connectivity index (χ1n) is 8.61. The molecule has 0 saturated carbocycles. The van der Waals surface area contributed by atoms with E-state index in [0.29, 0.717) is 41.4 Å². The standard InChI is InChI=1S/C19H20ClN5O2S/c1-12(26)23-10-15-6-7-17(27-15)16-11-28-19(24-16)25-18(21)22-9-8-13-2-4-14(20)5-3-13/h2-7,11H,8-10H2,1H3,(H,23,26)(H3,21,22,24,25). The van der Waals surface area contributed by atoms with Gasteiger partial charge in [0, 0.05) is 23.9 Å². The van der Waals surface area contributed by atoms with Gasteiger partial charge in [0.25, 0.3) is 0 Å².